The van der Waals surface area contributed by atoms with Crippen molar-refractivity contribution in [3.8, 4) is 0 Å². The van der Waals surface area contributed by atoms with Gasteiger partial charge in [0.15, 0.2) is 0 Å². The van der Waals surface area contributed by atoms with Crippen molar-refractivity contribution in [2.45, 2.75) is 45.3 Å². The van der Waals surface area contributed by atoms with E-state index >= 15 is 0 Å². The third-order valence-electron chi connectivity index (χ3n) is 5.41. The van der Waals surface area contributed by atoms with Crippen molar-refractivity contribution < 1.29 is 0 Å². The number of hydrogen-bond donors (Lipinski definition) is 0. The fourth-order valence-corrected chi connectivity index (χ4v) is 4.10. The van der Waals surface area contributed by atoms with E-state index in [2.05, 4.69) is 38.3 Å². The van der Waals surface area contributed by atoms with Crippen molar-refractivity contribution in [2.75, 3.05) is 26.7 Å². The van der Waals surface area contributed by atoms with Crippen LogP contribution in [0, 0.1) is 0 Å². The van der Waals surface area contributed by atoms with Gasteiger partial charge in [-0.25, -0.2) is 9.97 Å². The van der Waals surface area contributed by atoms with Gasteiger partial charge in [-0.1, -0.05) is 0 Å². The van der Waals surface area contributed by atoms with E-state index in [1.54, 1.807) is 6.33 Å². The maximum absolute atomic E-state index is 4.59. The molecule has 0 bridgehead atoms. The first-order valence-corrected chi connectivity index (χ1v) is 8.46. The van der Waals surface area contributed by atoms with Crippen LogP contribution in [0.4, 0.5) is 0 Å². The minimum Gasteiger partial charge on any atom is -0.328 e. The van der Waals surface area contributed by atoms with Crippen LogP contribution >= 0.6 is 0 Å². The van der Waals surface area contributed by atoms with E-state index in [9.17, 15) is 0 Å². The fraction of sp³-hybridized carbons (Fsp3) is 0.647. The van der Waals surface area contributed by atoms with Gasteiger partial charge in [-0.2, -0.15) is 0 Å². The Morgan fingerprint density at radius 2 is 2.18 bits per heavy atom. The molecule has 2 aliphatic rings. The topological polar surface area (TPSA) is 37.2 Å². The molecule has 2 aromatic heterocycles. The Hall–Kier alpha value is -1.46. The van der Waals surface area contributed by atoms with Crippen LogP contribution in [-0.4, -0.2) is 57.1 Å². The van der Waals surface area contributed by atoms with Crippen molar-refractivity contribution >= 4 is 11.0 Å². The van der Waals surface area contributed by atoms with E-state index in [0.717, 1.165) is 44.3 Å². The number of aromatic nitrogens is 3. The average Bonchev–Trinajstić information content (AvgIpc) is 3.07. The lowest BCUT2D eigenvalue weighted by Crippen LogP contribution is -2.32. The normalized spacial score (nSPS) is 23.3. The molecule has 0 N–H and O–H groups in total. The summed E-state index contributed by atoms with van der Waals surface area (Å²) >= 11 is 0. The van der Waals surface area contributed by atoms with E-state index in [1.165, 1.54) is 36.0 Å². The minimum atomic E-state index is 0.735. The highest BCUT2D eigenvalue weighted by molar-refractivity contribution is 5.81. The summed E-state index contributed by atoms with van der Waals surface area (Å²) in [7, 11) is 2.20. The van der Waals surface area contributed by atoms with Crippen molar-refractivity contribution in [3.05, 3.63) is 23.8 Å². The molecule has 0 aliphatic carbocycles. The molecule has 1 saturated heterocycles. The molecule has 0 spiro atoms. The van der Waals surface area contributed by atoms with E-state index < -0.39 is 0 Å². The van der Waals surface area contributed by atoms with E-state index in [-0.39, 0.29) is 0 Å². The van der Waals surface area contributed by atoms with Crippen molar-refractivity contribution in [3.63, 3.8) is 0 Å². The van der Waals surface area contributed by atoms with Gasteiger partial charge in [0.1, 0.15) is 12.0 Å². The molecule has 4 heterocycles. The predicted octanol–water partition coefficient (Wildman–Crippen LogP) is 1.90. The first-order chi connectivity index (χ1) is 10.7. The first kappa shape index (κ1) is 14.2. The number of rotatable bonds is 3. The maximum Gasteiger partial charge on any atom is 0.143 e. The summed E-state index contributed by atoms with van der Waals surface area (Å²) in [5, 5.41) is 1.25. The van der Waals surface area contributed by atoms with Crippen LogP contribution in [0.1, 0.15) is 31.0 Å². The summed E-state index contributed by atoms with van der Waals surface area (Å²) in [5.74, 6) is 0. The molecule has 0 saturated carbocycles. The van der Waals surface area contributed by atoms with Crippen molar-refractivity contribution in [1.29, 1.82) is 0 Å². The number of likely N-dealkylation sites (tertiary alicyclic amines) is 1. The molecule has 1 fully saturated rings. The molecule has 5 heteroatoms. The van der Waals surface area contributed by atoms with Crippen LogP contribution in [-0.2, 0) is 19.5 Å². The molecule has 1 unspecified atom stereocenters. The molecule has 5 nitrogen and oxygen atoms in total. The fourth-order valence-electron chi connectivity index (χ4n) is 4.10. The lowest BCUT2D eigenvalue weighted by Gasteiger charge is -2.25. The van der Waals surface area contributed by atoms with Gasteiger partial charge in [-0.05, 0) is 38.9 Å². The Balaban J connectivity index is 1.67. The van der Waals surface area contributed by atoms with Crippen LogP contribution in [0.3, 0.4) is 0 Å². The Kier molecular flexibility index (Phi) is 3.62. The number of likely N-dealkylation sites (N-methyl/N-ethyl adjacent to an activating group) is 1. The van der Waals surface area contributed by atoms with E-state index in [1.807, 2.05) is 6.20 Å². The highest BCUT2D eigenvalue weighted by Gasteiger charge is 2.25. The summed E-state index contributed by atoms with van der Waals surface area (Å²) in [5.41, 5.74) is 4.06. The highest BCUT2D eigenvalue weighted by atomic mass is 15.2. The molecule has 0 radical (unpaired) electrons. The molecule has 2 aliphatic heterocycles. The second-order valence-corrected chi connectivity index (χ2v) is 6.85. The van der Waals surface area contributed by atoms with E-state index in [4.69, 9.17) is 0 Å². The molecule has 118 valence electrons. The molecule has 1 atom stereocenters. The largest absolute Gasteiger partial charge is 0.328 e. The Bertz CT molecular complexity index is 677. The predicted molar refractivity (Wildman–Crippen MR) is 87.8 cm³/mol. The van der Waals surface area contributed by atoms with Gasteiger partial charge in [-0.15, -0.1) is 0 Å². The van der Waals surface area contributed by atoms with Crippen LogP contribution in [0.25, 0.3) is 11.0 Å². The Morgan fingerprint density at radius 1 is 1.27 bits per heavy atom. The molecule has 0 amide bonds. The molecular formula is C17H25N5. The number of nitrogens with zero attached hydrogens (tertiary/aromatic N) is 5. The second-order valence-electron chi connectivity index (χ2n) is 6.85. The monoisotopic (exact) mass is 299 g/mol. The highest BCUT2D eigenvalue weighted by Crippen LogP contribution is 2.29. The number of fused-ring (bicyclic) bond motifs is 3. The summed E-state index contributed by atoms with van der Waals surface area (Å²) < 4.78 is 2.46. The minimum absolute atomic E-state index is 0.735. The Labute approximate surface area is 131 Å². The van der Waals surface area contributed by atoms with E-state index in [0.29, 0.717) is 0 Å². The molecule has 22 heavy (non-hydrogen) atoms. The van der Waals surface area contributed by atoms with Gasteiger partial charge in [0.05, 0.1) is 0 Å². The van der Waals surface area contributed by atoms with Gasteiger partial charge in [0, 0.05) is 55.9 Å². The first-order valence-electron chi connectivity index (χ1n) is 8.46. The van der Waals surface area contributed by atoms with Crippen molar-refractivity contribution in [1.82, 2.24) is 24.3 Å². The quantitative estimate of drug-likeness (QED) is 0.867. The lowest BCUT2D eigenvalue weighted by molar-refractivity contribution is 0.255. The Morgan fingerprint density at radius 3 is 3.00 bits per heavy atom. The third kappa shape index (κ3) is 2.32. The van der Waals surface area contributed by atoms with Gasteiger partial charge < -0.3 is 9.47 Å². The standard InChI is InChI=1S/C17H25N5/c1-13-4-3-6-21(13)8-9-22-16-5-7-20(2)11-15(16)14-10-18-12-19-17(14)22/h10,12-13H,3-9,11H2,1-2H3. The van der Waals surface area contributed by atoms with Gasteiger partial charge in [0.25, 0.3) is 0 Å². The molecule has 2 aromatic rings. The smallest absolute Gasteiger partial charge is 0.143 e. The van der Waals surface area contributed by atoms with Crippen LogP contribution < -0.4 is 0 Å². The second kappa shape index (κ2) is 5.63. The maximum atomic E-state index is 4.59. The summed E-state index contributed by atoms with van der Waals surface area (Å²) in [6.07, 6.45) is 7.50. The molecule has 0 aromatic carbocycles. The summed E-state index contributed by atoms with van der Waals surface area (Å²) in [4.78, 5) is 13.9. The van der Waals surface area contributed by atoms with Gasteiger partial charge in [-0.3, -0.25) is 4.90 Å². The SMILES string of the molecule is CC1CCCN1CCn1c2c(c3cncnc31)CN(C)CC2. The van der Waals surface area contributed by atoms with Gasteiger partial charge >= 0.3 is 0 Å². The summed E-state index contributed by atoms with van der Waals surface area (Å²) in [6, 6.07) is 0.735. The molecular weight excluding hydrogens is 274 g/mol. The molecule has 4 rings (SSSR count). The number of hydrogen-bond acceptors (Lipinski definition) is 4. The third-order valence-corrected chi connectivity index (χ3v) is 5.41. The zero-order chi connectivity index (χ0) is 15.1. The van der Waals surface area contributed by atoms with Crippen LogP contribution in [0.2, 0.25) is 0 Å². The zero-order valence-corrected chi connectivity index (χ0v) is 13.6. The van der Waals surface area contributed by atoms with Crippen molar-refractivity contribution in [2.24, 2.45) is 0 Å². The zero-order valence-electron chi connectivity index (χ0n) is 13.6. The lowest BCUT2D eigenvalue weighted by atomic mass is 10.1. The average molecular weight is 299 g/mol. The van der Waals surface area contributed by atoms with Gasteiger partial charge in [0.2, 0.25) is 0 Å². The van der Waals surface area contributed by atoms with Crippen LogP contribution in [0.15, 0.2) is 12.5 Å². The summed E-state index contributed by atoms with van der Waals surface area (Å²) in [6.45, 7) is 7.95. The van der Waals surface area contributed by atoms with Crippen LogP contribution in [0.5, 0.6) is 0 Å².